The van der Waals surface area contributed by atoms with Crippen molar-refractivity contribution in [1.82, 2.24) is 0 Å². The summed E-state index contributed by atoms with van der Waals surface area (Å²) in [6.07, 6.45) is 0. The first-order valence-corrected chi connectivity index (χ1v) is 13.4. The molecule has 0 atom stereocenters. The highest BCUT2D eigenvalue weighted by Crippen LogP contribution is 2.57. The molecule has 3 aromatic rings. The number of fused-ring (bicyclic) bond motifs is 2. The molecule has 0 saturated heterocycles. The lowest BCUT2D eigenvalue weighted by atomic mass is 10.3. The molecule has 1 heterocycles. The van der Waals surface area contributed by atoms with E-state index in [0.717, 1.165) is 23.2 Å². The molecule has 0 radical (unpaired) electrons. The first-order chi connectivity index (χ1) is 12.9. The van der Waals surface area contributed by atoms with E-state index in [1.807, 2.05) is 60.7 Å². The molecule has 1 aliphatic heterocycles. The van der Waals surface area contributed by atoms with Gasteiger partial charge < -0.3 is 13.6 Å². The summed E-state index contributed by atoms with van der Waals surface area (Å²) in [4.78, 5) is 1.86. The standard InChI is InChI=1S/C18H10Br3O3PS2/c19-11-1-5-14(6-2-11)22-25(26)23-15-7-3-12(20)9-17(15)27-18-10-13(21)4-8-16(18)24-25/h1-10H. The lowest BCUT2D eigenvalue weighted by Gasteiger charge is -2.27. The van der Waals surface area contributed by atoms with Gasteiger partial charge in [0.25, 0.3) is 0 Å². The van der Waals surface area contributed by atoms with Gasteiger partial charge in [0.1, 0.15) is 17.2 Å². The predicted octanol–water partition coefficient (Wildman–Crippen LogP) is 8.20. The molecule has 0 unspecified atom stereocenters. The van der Waals surface area contributed by atoms with Crippen LogP contribution in [0.3, 0.4) is 0 Å². The van der Waals surface area contributed by atoms with Crippen molar-refractivity contribution in [3.63, 3.8) is 0 Å². The third kappa shape index (κ3) is 4.74. The Morgan fingerprint density at radius 1 is 0.741 bits per heavy atom. The van der Waals surface area contributed by atoms with Gasteiger partial charge in [0.15, 0.2) is 0 Å². The van der Waals surface area contributed by atoms with Crippen LogP contribution in [0.25, 0.3) is 0 Å². The second-order valence-corrected chi connectivity index (χ2v) is 12.1. The molecular weight excluding hydrogens is 599 g/mol. The fourth-order valence-electron chi connectivity index (χ4n) is 2.31. The van der Waals surface area contributed by atoms with Crippen molar-refractivity contribution in [2.75, 3.05) is 0 Å². The Hall–Kier alpha value is -0.500. The molecule has 0 aliphatic carbocycles. The van der Waals surface area contributed by atoms with Gasteiger partial charge in [0.2, 0.25) is 0 Å². The summed E-state index contributed by atoms with van der Waals surface area (Å²) in [6.45, 7) is -3.14. The molecule has 9 heteroatoms. The van der Waals surface area contributed by atoms with Gasteiger partial charge in [-0.3, -0.25) is 0 Å². The number of hydrogen-bond acceptors (Lipinski definition) is 5. The Balaban J connectivity index is 1.80. The molecule has 3 aromatic carbocycles. The smallest absolute Gasteiger partial charge is 0.407 e. The van der Waals surface area contributed by atoms with Crippen molar-refractivity contribution in [2.45, 2.75) is 9.79 Å². The summed E-state index contributed by atoms with van der Waals surface area (Å²) < 4.78 is 21.1. The maximum absolute atomic E-state index is 6.12. The Labute approximate surface area is 191 Å². The monoisotopic (exact) mass is 606 g/mol. The minimum absolute atomic E-state index is 0.590. The first-order valence-electron chi connectivity index (χ1n) is 7.62. The fraction of sp³-hybridized carbons (Fsp3) is 0. The molecule has 4 rings (SSSR count). The second-order valence-electron chi connectivity index (χ2n) is 5.46. The van der Waals surface area contributed by atoms with Gasteiger partial charge in [-0.15, -0.1) is 0 Å². The van der Waals surface area contributed by atoms with Crippen LogP contribution in [-0.2, 0) is 11.8 Å². The van der Waals surface area contributed by atoms with Crippen molar-refractivity contribution in [3.05, 3.63) is 74.1 Å². The maximum Gasteiger partial charge on any atom is 0.490 e. The van der Waals surface area contributed by atoms with Crippen LogP contribution in [0.5, 0.6) is 17.2 Å². The first kappa shape index (κ1) is 19.8. The molecule has 3 nitrogen and oxygen atoms in total. The lowest BCUT2D eigenvalue weighted by molar-refractivity contribution is 0.375. The van der Waals surface area contributed by atoms with Crippen LogP contribution >= 0.6 is 66.3 Å². The average molecular weight is 609 g/mol. The molecule has 0 N–H and O–H groups in total. The molecule has 1 aliphatic rings. The zero-order valence-corrected chi connectivity index (χ0v) is 20.7. The molecule has 0 fully saturated rings. The van der Waals surface area contributed by atoms with Crippen LogP contribution in [0.15, 0.2) is 83.9 Å². The molecule has 0 amide bonds. The predicted molar refractivity (Wildman–Crippen MR) is 123 cm³/mol. The van der Waals surface area contributed by atoms with Crippen LogP contribution in [0.1, 0.15) is 0 Å². The van der Waals surface area contributed by atoms with Crippen molar-refractivity contribution in [3.8, 4) is 17.2 Å². The summed E-state index contributed by atoms with van der Waals surface area (Å²) in [5.74, 6) is 1.86. The minimum atomic E-state index is -3.14. The van der Waals surface area contributed by atoms with E-state index in [2.05, 4.69) is 47.8 Å². The number of hydrogen-bond donors (Lipinski definition) is 0. The van der Waals surface area contributed by atoms with E-state index >= 15 is 0 Å². The topological polar surface area (TPSA) is 27.7 Å². The maximum atomic E-state index is 6.12. The summed E-state index contributed by atoms with van der Waals surface area (Å²) in [5.41, 5.74) is 0. The fourth-order valence-corrected chi connectivity index (χ4v) is 6.79. The summed E-state index contributed by atoms with van der Waals surface area (Å²) in [7, 11) is 0. The Kier molecular flexibility index (Phi) is 5.93. The Morgan fingerprint density at radius 3 is 1.74 bits per heavy atom. The van der Waals surface area contributed by atoms with Gasteiger partial charge in [-0.2, -0.15) is 0 Å². The van der Waals surface area contributed by atoms with Gasteiger partial charge >= 0.3 is 6.72 Å². The number of benzene rings is 3. The molecule has 27 heavy (non-hydrogen) atoms. The van der Waals surface area contributed by atoms with Crippen LogP contribution < -0.4 is 13.6 Å². The van der Waals surface area contributed by atoms with Gasteiger partial charge in [0.05, 0.1) is 9.79 Å². The molecule has 0 saturated carbocycles. The third-order valence-corrected chi connectivity index (χ3v) is 8.02. The largest absolute Gasteiger partial charge is 0.490 e. The van der Waals surface area contributed by atoms with Gasteiger partial charge in [-0.1, -0.05) is 59.6 Å². The second kappa shape index (κ2) is 8.09. The molecular formula is C18H10Br3O3PS2. The zero-order valence-electron chi connectivity index (χ0n) is 13.4. The average Bonchev–Trinajstić information content (AvgIpc) is 2.61. The summed E-state index contributed by atoms with van der Waals surface area (Å²) >= 11 is 17.7. The highest BCUT2D eigenvalue weighted by Gasteiger charge is 2.31. The molecule has 0 bridgehead atoms. The van der Waals surface area contributed by atoms with Gasteiger partial charge in [0, 0.05) is 25.2 Å². The molecule has 138 valence electrons. The minimum Gasteiger partial charge on any atom is -0.407 e. The highest BCUT2D eigenvalue weighted by molar-refractivity contribution is 9.11. The van der Waals surface area contributed by atoms with Crippen LogP contribution in [-0.4, -0.2) is 0 Å². The summed E-state index contributed by atoms with van der Waals surface area (Å²) in [5, 5.41) is 0. The summed E-state index contributed by atoms with van der Waals surface area (Å²) in [6, 6.07) is 18.9. The van der Waals surface area contributed by atoms with Crippen molar-refractivity contribution < 1.29 is 13.6 Å². The van der Waals surface area contributed by atoms with Gasteiger partial charge in [-0.05, 0) is 60.7 Å². The molecule has 0 spiro atoms. The Bertz CT molecular complexity index is 1000. The van der Waals surface area contributed by atoms with Crippen molar-refractivity contribution in [1.29, 1.82) is 0 Å². The molecule has 0 aromatic heterocycles. The van der Waals surface area contributed by atoms with Crippen LogP contribution in [0.2, 0.25) is 0 Å². The van der Waals surface area contributed by atoms with Crippen molar-refractivity contribution >= 4 is 78.1 Å². The van der Waals surface area contributed by atoms with Crippen LogP contribution in [0.4, 0.5) is 0 Å². The van der Waals surface area contributed by atoms with Crippen molar-refractivity contribution in [2.24, 2.45) is 0 Å². The van der Waals surface area contributed by atoms with Crippen LogP contribution in [0, 0.1) is 0 Å². The van der Waals surface area contributed by atoms with E-state index in [1.165, 1.54) is 0 Å². The third-order valence-electron chi connectivity index (χ3n) is 3.48. The normalized spacial score (nSPS) is 14.6. The van der Waals surface area contributed by atoms with E-state index < -0.39 is 6.72 Å². The van der Waals surface area contributed by atoms with E-state index in [9.17, 15) is 0 Å². The van der Waals surface area contributed by atoms with E-state index in [0.29, 0.717) is 17.2 Å². The number of rotatable bonds is 2. The highest BCUT2D eigenvalue weighted by atomic mass is 79.9. The van der Waals surface area contributed by atoms with Gasteiger partial charge in [-0.25, -0.2) is 0 Å². The number of halogens is 3. The van der Waals surface area contributed by atoms with E-state index in [4.69, 9.17) is 25.4 Å². The van der Waals surface area contributed by atoms with E-state index in [1.54, 1.807) is 11.8 Å². The SMILES string of the molecule is S=P1(Oc2ccc(Br)cc2)Oc2ccc(Br)cc2Sc2cc(Br)ccc2O1. The Morgan fingerprint density at radius 2 is 1.22 bits per heavy atom. The lowest BCUT2D eigenvalue weighted by Crippen LogP contribution is -2.09. The van der Waals surface area contributed by atoms with E-state index in [-0.39, 0.29) is 0 Å². The zero-order chi connectivity index (χ0) is 19.0. The quantitative estimate of drug-likeness (QED) is 0.274.